The predicted octanol–water partition coefficient (Wildman–Crippen LogP) is 4.05. The van der Waals surface area contributed by atoms with Crippen LogP contribution in [0.15, 0.2) is 36.0 Å². The molecule has 0 aliphatic heterocycles. The number of thioether (sulfide) groups is 1. The summed E-state index contributed by atoms with van der Waals surface area (Å²) in [5.41, 5.74) is -6.53. The fraction of sp³-hybridized carbons (Fsp3) is 0.679. The lowest BCUT2D eigenvalue weighted by Crippen LogP contribution is -2.70. The standard InChI is InChI=1S/C28H36F2O6S/c1-5-23(34)36-28(24(35)37-11-7-6-10-31)16(2)12-18-19-14-21(29)20-13-17(32)8-9-25(20,3)27(19,30)22(33)15-26(18,28)4/h6-9,13,16,18-19,21-22,31,33H,5,10-12,14-15H2,1-4H3/b7-6+/t16-,18+,19+,21+,22+,25+,26+,27+,28+/m1/s1. The Morgan fingerprint density at radius 1 is 1.24 bits per heavy atom. The van der Waals surface area contributed by atoms with E-state index in [-0.39, 0.29) is 37.2 Å². The maximum Gasteiger partial charge on any atom is 0.306 e. The van der Waals surface area contributed by atoms with Crippen LogP contribution in [0, 0.1) is 28.6 Å². The van der Waals surface area contributed by atoms with Crippen molar-refractivity contribution in [3.8, 4) is 0 Å². The molecule has 0 radical (unpaired) electrons. The van der Waals surface area contributed by atoms with E-state index in [9.17, 15) is 19.5 Å². The maximum absolute atomic E-state index is 17.4. The molecule has 4 aliphatic rings. The Bertz CT molecular complexity index is 1070. The van der Waals surface area contributed by atoms with Crippen LogP contribution in [0.2, 0.25) is 0 Å². The Hall–Kier alpha value is -1.84. The van der Waals surface area contributed by atoms with Crippen molar-refractivity contribution in [3.63, 3.8) is 0 Å². The van der Waals surface area contributed by atoms with Crippen LogP contribution in [-0.4, -0.2) is 63.0 Å². The highest BCUT2D eigenvalue weighted by Gasteiger charge is 2.78. The van der Waals surface area contributed by atoms with Gasteiger partial charge in [-0.2, -0.15) is 0 Å². The second kappa shape index (κ2) is 9.72. The summed E-state index contributed by atoms with van der Waals surface area (Å²) in [5.74, 6) is -2.76. The van der Waals surface area contributed by atoms with Crippen LogP contribution in [0.5, 0.6) is 0 Å². The molecule has 0 aromatic heterocycles. The summed E-state index contributed by atoms with van der Waals surface area (Å²) in [4.78, 5) is 38.6. The summed E-state index contributed by atoms with van der Waals surface area (Å²) in [6.45, 7) is 6.54. The van der Waals surface area contributed by atoms with Crippen LogP contribution >= 0.6 is 11.8 Å². The molecule has 0 aromatic carbocycles. The Balaban J connectivity index is 1.82. The van der Waals surface area contributed by atoms with Crippen LogP contribution in [0.25, 0.3) is 0 Å². The minimum Gasteiger partial charge on any atom is -0.449 e. The highest BCUT2D eigenvalue weighted by atomic mass is 32.2. The van der Waals surface area contributed by atoms with Crippen LogP contribution in [0.3, 0.4) is 0 Å². The molecular weight excluding hydrogens is 502 g/mol. The number of carbonyl (C=O) groups is 3. The zero-order chi connectivity index (χ0) is 27.4. The van der Waals surface area contributed by atoms with Gasteiger partial charge in [-0.05, 0) is 49.8 Å². The largest absolute Gasteiger partial charge is 0.449 e. The van der Waals surface area contributed by atoms with Crippen molar-refractivity contribution in [1.82, 2.24) is 0 Å². The first-order valence-corrected chi connectivity index (χ1v) is 13.9. The van der Waals surface area contributed by atoms with E-state index < -0.39 is 69.0 Å². The van der Waals surface area contributed by atoms with Gasteiger partial charge in [-0.15, -0.1) is 0 Å². The topological polar surface area (TPSA) is 101 Å². The number of ether oxygens (including phenoxy) is 1. The van der Waals surface area contributed by atoms with E-state index in [0.717, 1.165) is 17.8 Å². The quantitative estimate of drug-likeness (QED) is 0.389. The molecular formula is C28H36F2O6S. The molecule has 2 N–H and O–H groups in total. The minimum atomic E-state index is -2.27. The van der Waals surface area contributed by atoms with Crippen molar-refractivity contribution in [2.45, 2.75) is 76.9 Å². The molecule has 4 rings (SSSR count). The number of carbonyl (C=O) groups excluding carboxylic acids is 3. The number of fused-ring (bicyclic) bond motifs is 5. The van der Waals surface area contributed by atoms with Crippen LogP contribution in [0.1, 0.15) is 53.4 Å². The lowest BCUT2D eigenvalue weighted by molar-refractivity contribution is -0.228. The van der Waals surface area contributed by atoms with Crippen molar-refractivity contribution in [3.05, 3.63) is 36.0 Å². The highest BCUT2D eigenvalue weighted by molar-refractivity contribution is 8.14. The fourth-order valence-corrected chi connectivity index (χ4v) is 8.92. The van der Waals surface area contributed by atoms with Gasteiger partial charge in [-0.3, -0.25) is 14.4 Å². The smallest absolute Gasteiger partial charge is 0.306 e. The summed E-state index contributed by atoms with van der Waals surface area (Å²) >= 11 is 0.950. The zero-order valence-electron chi connectivity index (χ0n) is 21.7. The van der Waals surface area contributed by atoms with Gasteiger partial charge in [0, 0.05) is 34.8 Å². The lowest BCUT2D eigenvalue weighted by atomic mass is 9.44. The molecule has 6 nitrogen and oxygen atoms in total. The van der Waals surface area contributed by atoms with Crippen LogP contribution in [0.4, 0.5) is 8.78 Å². The third-order valence-electron chi connectivity index (χ3n) is 9.62. The molecule has 9 heteroatoms. The number of hydrogen-bond acceptors (Lipinski definition) is 7. The Morgan fingerprint density at radius 3 is 2.59 bits per heavy atom. The molecule has 9 atom stereocenters. The van der Waals surface area contributed by atoms with Crippen molar-refractivity contribution in [2.24, 2.45) is 28.6 Å². The zero-order valence-corrected chi connectivity index (χ0v) is 22.5. The number of allylic oxidation sites excluding steroid dienone is 4. The van der Waals surface area contributed by atoms with Gasteiger partial charge >= 0.3 is 5.97 Å². The first kappa shape index (κ1) is 28.2. The maximum atomic E-state index is 17.4. The first-order valence-electron chi connectivity index (χ1n) is 12.9. The average Bonchev–Trinajstić information content (AvgIpc) is 3.06. The first-order chi connectivity index (χ1) is 17.3. The molecule has 204 valence electrons. The second-order valence-electron chi connectivity index (χ2n) is 11.3. The van der Waals surface area contributed by atoms with Crippen LogP contribution < -0.4 is 0 Å². The van der Waals surface area contributed by atoms with Gasteiger partial charge in [0.05, 0.1) is 12.7 Å². The molecule has 0 bridgehead atoms. The molecule has 3 saturated carbocycles. The summed E-state index contributed by atoms with van der Waals surface area (Å²) in [7, 11) is 0. The number of aliphatic hydroxyl groups excluding tert-OH is 2. The van der Waals surface area contributed by atoms with Gasteiger partial charge in [-0.25, -0.2) is 8.78 Å². The normalized spacial score (nSPS) is 44.7. The van der Waals surface area contributed by atoms with Gasteiger partial charge in [0.1, 0.15) is 6.17 Å². The van der Waals surface area contributed by atoms with Crippen molar-refractivity contribution < 1.29 is 38.1 Å². The molecule has 0 spiro atoms. The number of esters is 1. The van der Waals surface area contributed by atoms with Gasteiger partial charge in [0.2, 0.25) is 5.12 Å². The SMILES string of the molecule is CCC(=O)O[C@]1(C(=O)SC/C=C/CO)[C@H](C)C[C@H]2[C@@H]3C[C@H](F)C4=CC(=O)C=C[C@]4(C)[C@@]3(F)[C@@H](O)C[C@@]21C. The Kier molecular flexibility index (Phi) is 7.40. The Morgan fingerprint density at radius 2 is 1.95 bits per heavy atom. The van der Waals surface area contributed by atoms with Crippen molar-refractivity contribution in [2.75, 3.05) is 12.4 Å². The van der Waals surface area contributed by atoms with Gasteiger partial charge in [0.25, 0.3) is 0 Å². The number of aliphatic hydroxyl groups is 2. The molecule has 0 heterocycles. The summed E-state index contributed by atoms with van der Waals surface area (Å²) < 4.78 is 39.0. The minimum absolute atomic E-state index is 0.0359. The number of rotatable bonds is 6. The van der Waals surface area contributed by atoms with Crippen molar-refractivity contribution >= 4 is 28.6 Å². The molecule has 3 fully saturated rings. The predicted molar refractivity (Wildman–Crippen MR) is 136 cm³/mol. The molecule has 0 unspecified atom stereocenters. The van der Waals surface area contributed by atoms with Gasteiger partial charge in [0.15, 0.2) is 17.1 Å². The van der Waals surface area contributed by atoms with E-state index in [1.165, 1.54) is 25.2 Å². The summed E-state index contributed by atoms with van der Waals surface area (Å²) in [6.07, 6.45) is 3.69. The van der Waals surface area contributed by atoms with Crippen LogP contribution in [-0.2, 0) is 19.1 Å². The highest BCUT2D eigenvalue weighted by Crippen LogP contribution is 2.72. The average molecular weight is 539 g/mol. The monoisotopic (exact) mass is 538 g/mol. The molecule has 0 aromatic rings. The fourth-order valence-electron chi connectivity index (χ4n) is 7.84. The van der Waals surface area contributed by atoms with E-state index in [0.29, 0.717) is 6.42 Å². The third kappa shape index (κ3) is 3.82. The Labute approximate surface area is 220 Å². The van der Waals surface area contributed by atoms with Gasteiger partial charge < -0.3 is 14.9 Å². The van der Waals surface area contributed by atoms with E-state index in [2.05, 4.69) is 0 Å². The molecule has 4 aliphatic carbocycles. The summed E-state index contributed by atoms with van der Waals surface area (Å²) in [5, 5.41) is 20.1. The van der Waals surface area contributed by atoms with Crippen molar-refractivity contribution in [1.29, 1.82) is 0 Å². The van der Waals surface area contributed by atoms with E-state index in [1.807, 2.05) is 0 Å². The number of ketones is 1. The number of alkyl halides is 2. The number of hydrogen-bond donors (Lipinski definition) is 2. The number of halogens is 2. The summed E-state index contributed by atoms with van der Waals surface area (Å²) in [6, 6.07) is 0. The van der Waals surface area contributed by atoms with E-state index in [1.54, 1.807) is 26.8 Å². The second-order valence-corrected chi connectivity index (χ2v) is 12.3. The molecule has 0 saturated heterocycles. The lowest BCUT2D eigenvalue weighted by Gasteiger charge is -2.63. The molecule has 0 amide bonds. The van der Waals surface area contributed by atoms with Gasteiger partial charge in [-0.1, -0.05) is 50.8 Å². The van der Waals surface area contributed by atoms with E-state index >= 15 is 8.78 Å². The molecule has 37 heavy (non-hydrogen) atoms. The van der Waals surface area contributed by atoms with E-state index in [4.69, 9.17) is 9.84 Å². The third-order valence-corrected chi connectivity index (χ3v) is 10.5.